The summed E-state index contributed by atoms with van der Waals surface area (Å²) in [4.78, 5) is 0. The summed E-state index contributed by atoms with van der Waals surface area (Å²) in [6.07, 6.45) is 6.85. The molecule has 0 aromatic heterocycles. The zero-order valence-corrected chi connectivity index (χ0v) is 9.22. The second-order valence-corrected chi connectivity index (χ2v) is 4.60. The Hall–Kier alpha value is -0.980. The van der Waals surface area contributed by atoms with E-state index in [1.165, 1.54) is 5.57 Å². The van der Waals surface area contributed by atoms with Crippen LogP contribution >= 0.6 is 0 Å². The maximum absolute atomic E-state index is 5.63. The molecule has 0 saturated heterocycles. The van der Waals surface area contributed by atoms with Crippen molar-refractivity contribution in [2.45, 2.75) is 34.1 Å². The van der Waals surface area contributed by atoms with Gasteiger partial charge >= 0.3 is 0 Å². The van der Waals surface area contributed by atoms with Crippen molar-refractivity contribution in [1.82, 2.24) is 0 Å². The summed E-state index contributed by atoms with van der Waals surface area (Å²) in [6.45, 7) is 12.2. The van der Waals surface area contributed by atoms with Gasteiger partial charge in [-0.2, -0.15) is 0 Å². The van der Waals surface area contributed by atoms with Gasteiger partial charge in [-0.05, 0) is 30.4 Å². The molecule has 2 N–H and O–H groups in total. The second-order valence-electron chi connectivity index (χ2n) is 4.60. The van der Waals surface area contributed by atoms with Crippen LogP contribution in [0, 0.1) is 5.41 Å². The molecule has 0 atom stereocenters. The lowest BCUT2D eigenvalue weighted by molar-refractivity contribution is 0.413. The predicted molar refractivity (Wildman–Crippen MR) is 60.3 cm³/mol. The molecule has 0 bridgehead atoms. The molecule has 0 aliphatic heterocycles. The molecule has 0 unspecified atom stereocenters. The maximum atomic E-state index is 5.63. The van der Waals surface area contributed by atoms with Crippen LogP contribution in [0.25, 0.3) is 0 Å². The Morgan fingerprint density at radius 1 is 1.38 bits per heavy atom. The molecule has 0 spiro atoms. The molecule has 0 aliphatic carbocycles. The molecule has 1 heteroatoms. The van der Waals surface area contributed by atoms with Crippen LogP contribution in [0.4, 0.5) is 0 Å². The Bertz CT molecular complexity index is 222. The lowest BCUT2D eigenvalue weighted by Gasteiger charge is -2.18. The van der Waals surface area contributed by atoms with Gasteiger partial charge in [0.05, 0.1) is 0 Å². The summed E-state index contributed by atoms with van der Waals surface area (Å²) in [5.41, 5.74) is 8.00. The highest BCUT2D eigenvalue weighted by atomic mass is 14.5. The molecule has 1 nitrogen and oxygen atoms in total. The van der Waals surface area contributed by atoms with Crippen LogP contribution in [0.1, 0.15) is 34.1 Å². The first-order valence-electron chi connectivity index (χ1n) is 4.60. The quantitative estimate of drug-likeness (QED) is 0.660. The summed E-state index contributed by atoms with van der Waals surface area (Å²) in [6, 6.07) is 0. The third kappa shape index (κ3) is 7.38. The molecule has 13 heavy (non-hydrogen) atoms. The summed E-state index contributed by atoms with van der Waals surface area (Å²) in [5.74, 6) is 0. The molecule has 0 aromatic carbocycles. The van der Waals surface area contributed by atoms with E-state index in [4.69, 9.17) is 5.73 Å². The minimum atomic E-state index is 0.292. The predicted octanol–water partition coefficient (Wildman–Crippen LogP) is 3.40. The summed E-state index contributed by atoms with van der Waals surface area (Å²) in [7, 11) is 0. The minimum Gasteiger partial charge on any atom is -0.402 e. The third-order valence-corrected chi connectivity index (χ3v) is 1.48. The van der Waals surface area contributed by atoms with Gasteiger partial charge in [0.2, 0.25) is 0 Å². The van der Waals surface area contributed by atoms with Gasteiger partial charge in [-0.15, -0.1) is 0 Å². The zero-order chi connectivity index (χ0) is 10.5. The van der Waals surface area contributed by atoms with E-state index < -0.39 is 0 Å². The molecule has 0 aliphatic rings. The lowest BCUT2D eigenvalue weighted by atomic mass is 9.87. The highest BCUT2D eigenvalue weighted by Gasteiger charge is 2.11. The molecule has 0 aromatic rings. The standard InChI is InChI=1S/C12H21N/c1-6-7-11(8-10(2)13)9-12(3,4)5/h6-8H,1,9,13H2,2-5H3/b10-8+,11-7+. The van der Waals surface area contributed by atoms with Gasteiger partial charge in [0.25, 0.3) is 0 Å². The van der Waals surface area contributed by atoms with E-state index in [9.17, 15) is 0 Å². The van der Waals surface area contributed by atoms with Gasteiger partial charge in [-0.3, -0.25) is 0 Å². The average molecular weight is 179 g/mol. The van der Waals surface area contributed by atoms with Crippen molar-refractivity contribution in [2.24, 2.45) is 11.1 Å². The highest BCUT2D eigenvalue weighted by Crippen LogP contribution is 2.24. The SMILES string of the molecule is C=C/C=C(\C=C(/C)N)CC(C)(C)C. The lowest BCUT2D eigenvalue weighted by Crippen LogP contribution is -2.06. The van der Waals surface area contributed by atoms with E-state index in [2.05, 4.69) is 27.4 Å². The Balaban J connectivity index is 4.56. The molecular weight excluding hydrogens is 158 g/mol. The Labute approximate surface area is 82.0 Å². The van der Waals surface area contributed by atoms with E-state index in [-0.39, 0.29) is 0 Å². The van der Waals surface area contributed by atoms with Crippen molar-refractivity contribution in [1.29, 1.82) is 0 Å². The minimum absolute atomic E-state index is 0.292. The Morgan fingerprint density at radius 3 is 2.23 bits per heavy atom. The van der Waals surface area contributed by atoms with Crippen LogP contribution in [0.3, 0.4) is 0 Å². The number of hydrogen-bond acceptors (Lipinski definition) is 1. The highest BCUT2D eigenvalue weighted by molar-refractivity contribution is 5.25. The van der Waals surface area contributed by atoms with Gasteiger partial charge in [-0.25, -0.2) is 0 Å². The molecular formula is C12H21N. The first-order chi connectivity index (χ1) is 5.85. The largest absolute Gasteiger partial charge is 0.402 e. The third-order valence-electron chi connectivity index (χ3n) is 1.48. The normalized spacial score (nSPS) is 14.5. The van der Waals surface area contributed by atoms with Crippen LogP contribution in [0.15, 0.2) is 36.1 Å². The smallest absolute Gasteiger partial charge is 0.00516 e. The second kappa shape index (κ2) is 4.90. The molecule has 0 saturated carbocycles. The number of allylic oxidation sites excluding steroid dienone is 5. The topological polar surface area (TPSA) is 26.0 Å². The van der Waals surface area contributed by atoms with Crippen molar-refractivity contribution in [2.75, 3.05) is 0 Å². The Morgan fingerprint density at radius 2 is 1.92 bits per heavy atom. The van der Waals surface area contributed by atoms with E-state index >= 15 is 0 Å². The van der Waals surface area contributed by atoms with Crippen LogP contribution < -0.4 is 5.73 Å². The average Bonchev–Trinajstić information content (AvgIpc) is 1.81. The van der Waals surface area contributed by atoms with Crippen LogP contribution in [0.5, 0.6) is 0 Å². The van der Waals surface area contributed by atoms with Crippen molar-refractivity contribution >= 4 is 0 Å². The summed E-state index contributed by atoms with van der Waals surface area (Å²) in [5, 5.41) is 0. The molecule has 0 fully saturated rings. The van der Waals surface area contributed by atoms with Crippen molar-refractivity contribution < 1.29 is 0 Å². The van der Waals surface area contributed by atoms with Gasteiger partial charge in [0.15, 0.2) is 0 Å². The zero-order valence-electron chi connectivity index (χ0n) is 9.22. The molecule has 0 heterocycles. The first-order valence-corrected chi connectivity index (χ1v) is 4.60. The van der Waals surface area contributed by atoms with Crippen LogP contribution in [-0.2, 0) is 0 Å². The fourth-order valence-electron chi connectivity index (χ4n) is 1.21. The fraction of sp³-hybridized carbons (Fsp3) is 0.500. The molecule has 0 amide bonds. The van der Waals surface area contributed by atoms with Gasteiger partial charge < -0.3 is 5.73 Å². The first kappa shape index (κ1) is 12.0. The molecule has 0 radical (unpaired) electrons. The van der Waals surface area contributed by atoms with Gasteiger partial charge in [0.1, 0.15) is 0 Å². The van der Waals surface area contributed by atoms with Crippen molar-refractivity contribution in [3.8, 4) is 0 Å². The van der Waals surface area contributed by atoms with Crippen molar-refractivity contribution in [3.05, 3.63) is 36.1 Å². The summed E-state index contributed by atoms with van der Waals surface area (Å²) >= 11 is 0. The van der Waals surface area contributed by atoms with Crippen LogP contribution in [-0.4, -0.2) is 0 Å². The van der Waals surface area contributed by atoms with E-state index in [1.54, 1.807) is 6.08 Å². The fourth-order valence-corrected chi connectivity index (χ4v) is 1.21. The Kier molecular flexibility index (Phi) is 4.53. The van der Waals surface area contributed by atoms with Gasteiger partial charge in [-0.1, -0.05) is 39.5 Å². The number of rotatable bonds is 3. The molecule has 0 rings (SSSR count). The summed E-state index contributed by atoms with van der Waals surface area (Å²) < 4.78 is 0. The van der Waals surface area contributed by atoms with Crippen LogP contribution in [0.2, 0.25) is 0 Å². The maximum Gasteiger partial charge on any atom is 0.00516 e. The van der Waals surface area contributed by atoms with E-state index in [0.29, 0.717) is 5.41 Å². The number of nitrogens with two attached hydrogens (primary N) is 1. The van der Waals surface area contributed by atoms with Gasteiger partial charge in [0, 0.05) is 5.70 Å². The van der Waals surface area contributed by atoms with Crippen molar-refractivity contribution in [3.63, 3.8) is 0 Å². The molecule has 74 valence electrons. The monoisotopic (exact) mass is 179 g/mol. The van der Waals surface area contributed by atoms with E-state index in [0.717, 1.165) is 12.1 Å². The number of hydrogen-bond donors (Lipinski definition) is 1. The van der Waals surface area contributed by atoms with E-state index in [1.807, 2.05) is 19.1 Å².